The topological polar surface area (TPSA) is 256 Å². The Balaban J connectivity index is 0.700. The van der Waals surface area contributed by atoms with E-state index in [0.717, 1.165) is 57.1 Å². The van der Waals surface area contributed by atoms with Crippen LogP contribution in [0.3, 0.4) is 0 Å². The molecule has 6 aromatic heterocycles. The predicted molar refractivity (Wildman–Crippen MR) is 337 cm³/mol. The molecule has 87 heavy (non-hydrogen) atoms. The molecule has 3 aliphatic carbocycles. The zero-order valence-electron chi connectivity index (χ0n) is 49.3. The van der Waals surface area contributed by atoms with Crippen molar-refractivity contribution >= 4 is 97.2 Å². The Morgan fingerprint density at radius 2 is 0.839 bits per heavy atom. The van der Waals surface area contributed by atoms with E-state index in [1.165, 1.54) is 0 Å². The van der Waals surface area contributed by atoms with Crippen LogP contribution in [0.2, 0.25) is 0 Å². The van der Waals surface area contributed by atoms with Crippen molar-refractivity contribution in [2.45, 2.75) is 92.2 Å². The van der Waals surface area contributed by atoms with Crippen LogP contribution in [0.4, 0.5) is 34.9 Å². The number of hydrogen-bond donors (Lipinski definition) is 0. The molecule has 0 bridgehead atoms. The smallest absolute Gasteiger partial charge is 0.239 e. The first-order valence-electron chi connectivity index (χ1n) is 29.7. The minimum Gasteiger partial charge on any atom is -0.377 e. The van der Waals surface area contributed by atoms with E-state index in [9.17, 15) is 12.6 Å². The SMILES string of the molecule is C[C@@H]1COCCN1c1cc(N=S(C)(=O)C2CC2)nc(-n2cnc3cc(C4CC4[S@@](C)(=O)=Nc4cc(N5CCOC[C@H]5C)nc(-n5cnc6cc(C7CC7S(C)(=O)=Nc7cc(N8CCOC[C@H]8C)nc(-n8cnc9ccccc98)n7)ccc65)n4)ccc32)n1. The van der Waals surface area contributed by atoms with Gasteiger partial charge in [0.2, 0.25) is 17.8 Å². The van der Waals surface area contributed by atoms with Crippen LogP contribution in [-0.4, -0.2) is 183 Å². The molecule has 10 atom stereocenters. The Bertz CT molecular complexity index is 4610. The fourth-order valence-corrected chi connectivity index (χ4v) is 18.1. The number of morpholine rings is 3. The van der Waals surface area contributed by atoms with Gasteiger partial charge in [-0.05, 0) is 94.0 Å². The van der Waals surface area contributed by atoms with Gasteiger partial charge >= 0.3 is 0 Å². The van der Waals surface area contributed by atoms with E-state index in [-0.39, 0.29) is 45.7 Å². The van der Waals surface area contributed by atoms with Crippen LogP contribution >= 0.6 is 0 Å². The lowest BCUT2D eigenvalue weighted by Crippen LogP contribution is -2.44. The van der Waals surface area contributed by atoms with Crippen molar-refractivity contribution in [1.29, 1.82) is 0 Å². The fraction of sp³-hybridized carbons (Fsp3) is 0.450. The van der Waals surface area contributed by atoms with Crippen molar-refractivity contribution in [3.8, 4) is 17.8 Å². The molecule has 9 heterocycles. The molecule has 0 spiro atoms. The molecular formula is C60H68N18O6S3. The second kappa shape index (κ2) is 21.6. The van der Waals surface area contributed by atoms with E-state index in [4.69, 9.17) is 67.2 Å². The molecule has 9 aromatic rings. The number of para-hydroxylation sites is 2. The number of rotatable bonds is 14. The predicted octanol–water partition coefficient (Wildman–Crippen LogP) is 8.21. The lowest BCUT2D eigenvalue weighted by Gasteiger charge is -2.34. The second-order valence-electron chi connectivity index (χ2n) is 24.2. The van der Waals surface area contributed by atoms with Crippen LogP contribution < -0.4 is 14.7 Å². The Hall–Kier alpha value is -7.56. The average molecular weight is 1230 g/mol. The van der Waals surface area contributed by atoms with E-state index in [1.807, 2.05) is 68.3 Å². The van der Waals surface area contributed by atoms with Crippen LogP contribution in [0.25, 0.3) is 50.9 Å². The van der Waals surface area contributed by atoms with Crippen molar-refractivity contribution in [2.24, 2.45) is 13.1 Å². The fourth-order valence-electron chi connectivity index (χ4n) is 12.6. The van der Waals surface area contributed by atoms with Crippen molar-refractivity contribution < 1.29 is 26.8 Å². The minimum absolute atomic E-state index is 0.0119. The van der Waals surface area contributed by atoms with Gasteiger partial charge in [-0.1, -0.05) is 24.3 Å². The summed E-state index contributed by atoms with van der Waals surface area (Å²) in [6.07, 6.45) is 13.5. The van der Waals surface area contributed by atoms with Gasteiger partial charge < -0.3 is 28.9 Å². The van der Waals surface area contributed by atoms with Crippen molar-refractivity contribution in [3.05, 3.63) is 109 Å². The van der Waals surface area contributed by atoms with Crippen LogP contribution in [-0.2, 0) is 43.4 Å². The van der Waals surface area contributed by atoms with Gasteiger partial charge in [-0.25, -0.2) is 27.6 Å². The molecule has 0 amide bonds. The van der Waals surface area contributed by atoms with Gasteiger partial charge in [0.15, 0.2) is 17.5 Å². The van der Waals surface area contributed by atoms with E-state index >= 15 is 0 Å². The number of anilines is 3. The third kappa shape index (κ3) is 10.9. The molecule has 6 aliphatic rings. The molecule has 452 valence electrons. The third-order valence-electron chi connectivity index (χ3n) is 17.7. The molecule has 6 fully saturated rings. The largest absolute Gasteiger partial charge is 0.377 e. The monoisotopic (exact) mass is 1230 g/mol. The quantitative estimate of drug-likeness (QED) is 0.0993. The number of aromatic nitrogens is 12. The third-order valence-corrected chi connectivity index (χ3v) is 24.3. The number of nitrogens with zero attached hydrogens (tertiary/aromatic N) is 18. The van der Waals surface area contributed by atoms with Crippen molar-refractivity contribution in [2.75, 3.05) is 92.7 Å². The average Bonchev–Trinajstić information content (AvgIpc) is 1.78. The highest BCUT2D eigenvalue weighted by molar-refractivity contribution is 7.94. The number of hydrogen-bond acceptors (Lipinski definition) is 21. The van der Waals surface area contributed by atoms with Gasteiger partial charge in [-0.15, -0.1) is 0 Å². The van der Waals surface area contributed by atoms with Gasteiger partial charge in [-0.2, -0.15) is 43.0 Å². The summed E-state index contributed by atoms with van der Waals surface area (Å²) in [6, 6.07) is 25.7. The van der Waals surface area contributed by atoms with Crippen LogP contribution in [0, 0.1) is 0 Å². The highest BCUT2D eigenvalue weighted by Gasteiger charge is 2.46. The second-order valence-corrected chi connectivity index (χ2v) is 31.7. The van der Waals surface area contributed by atoms with Crippen molar-refractivity contribution in [3.63, 3.8) is 0 Å². The molecular weight excluding hydrogens is 1160 g/mol. The molecule has 3 saturated heterocycles. The molecule has 6 unspecified atom stereocenters. The summed E-state index contributed by atoms with van der Waals surface area (Å²) in [7, 11) is -8.15. The van der Waals surface area contributed by atoms with E-state index in [1.54, 1.807) is 37.7 Å². The maximum absolute atomic E-state index is 15.0. The molecule has 3 aromatic carbocycles. The zero-order valence-corrected chi connectivity index (χ0v) is 51.7. The van der Waals surface area contributed by atoms with Crippen LogP contribution in [0.1, 0.15) is 69.4 Å². The van der Waals surface area contributed by atoms with Gasteiger partial charge in [-0.3, -0.25) is 13.7 Å². The number of fused-ring (bicyclic) bond motifs is 3. The van der Waals surface area contributed by atoms with E-state index in [0.29, 0.717) is 125 Å². The first kappa shape index (κ1) is 56.0. The highest BCUT2D eigenvalue weighted by Crippen LogP contribution is 2.49. The summed E-state index contributed by atoms with van der Waals surface area (Å²) >= 11 is 0. The maximum atomic E-state index is 15.0. The van der Waals surface area contributed by atoms with Gasteiger partial charge in [0.25, 0.3) is 0 Å². The molecule has 15 rings (SSSR count). The molecule has 0 radical (unpaired) electrons. The summed E-state index contributed by atoms with van der Waals surface area (Å²) < 4.78 is 80.9. The molecule has 3 aliphatic heterocycles. The Morgan fingerprint density at radius 1 is 0.460 bits per heavy atom. The van der Waals surface area contributed by atoms with Crippen LogP contribution in [0.15, 0.2) is 111 Å². The zero-order chi connectivity index (χ0) is 59.5. The van der Waals surface area contributed by atoms with Crippen LogP contribution in [0.5, 0.6) is 0 Å². The van der Waals surface area contributed by atoms with Crippen molar-refractivity contribution in [1.82, 2.24) is 58.6 Å². The summed E-state index contributed by atoms with van der Waals surface area (Å²) in [4.78, 5) is 50.7. The van der Waals surface area contributed by atoms with Gasteiger partial charge in [0, 0.05) is 73.7 Å². The number of imidazole rings is 3. The van der Waals surface area contributed by atoms with Gasteiger partial charge in [0.05, 0.1) is 131 Å². The summed E-state index contributed by atoms with van der Waals surface area (Å²) in [5.74, 6) is 4.21. The molecule has 24 nitrogen and oxygen atoms in total. The van der Waals surface area contributed by atoms with Gasteiger partial charge in [0.1, 0.15) is 36.4 Å². The maximum Gasteiger partial charge on any atom is 0.239 e. The summed E-state index contributed by atoms with van der Waals surface area (Å²) in [5.41, 5.74) is 6.75. The molecule has 3 saturated carbocycles. The number of benzene rings is 3. The Kier molecular flexibility index (Phi) is 13.9. The molecule has 0 N–H and O–H groups in total. The number of ether oxygens (including phenoxy) is 3. The molecule has 27 heteroatoms. The standard InChI is InChI=1S/C60H68N18O6S3/c1-36-30-82-20-17-73(36)55-27-52(70-85(4,79)41-13-14-41)64-59(68-55)77-34-62-45-23-39(11-15-48(45)77)43-26-51(43)87(6,81)72-54-29-57(75-19-22-84-32-38(75)3)69-60(66-54)78-35-63-46-24-40(12-16-49(46)78)42-25-50(42)86(5,80)71-53-28-56(74-18-21-83-31-37(74)2)67-58(65-53)76-33-61-44-9-7-8-10-47(44)76/h7-12,15-16,23-24,27-29,33-38,41-43,50-51H,13-14,17-22,25-26,30-32H2,1-6H3/t36-,37-,38-,42?,43?,50?,51?,85?,86?,87-/m1/s1. The Labute approximate surface area is 504 Å². The first-order valence-corrected chi connectivity index (χ1v) is 35.7. The van der Waals surface area contributed by atoms with E-state index < -0.39 is 29.2 Å². The van der Waals surface area contributed by atoms with E-state index in [2.05, 4.69) is 64.7 Å². The Morgan fingerprint density at radius 3 is 1.24 bits per heavy atom. The lowest BCUT2D eigenvalue weighted by molar-refractivity contribution is 0.0985. The summed E-state index contributed by atoms with van der Waals surface area (Å²) in [6.45, 7) is 11.6. The highest BCUT2D eigenvalue weighted by atomic mass is 32.2. The normalized spacial score (nSPS) is 25.3. The summed E-state index contributed by atoms with van der Waals surface area (Å²) in [5, 5.41) is -0.382. The first-order chi connectivity index (χ1) is 42.0. The lowest BCUT2D eigenvalue weighted by atomic mass is 10.1. The minimum atomic E-state index is -2.86.